The Bertz CT molecular complexity index is 344. The van der Waals surface area contributed by atoms with E-state index in [1.165, 1.54) is 0 Å². The monoisotopic (exact) mass is 204 g/mol. The highest BCUT2D eigenvalue weighted by molar-refractivity contribution is 5.68. The van der Waals surface area contributed by atoms with Crippen LogP contribution in [0, 0.1) is 5.41 Å². The first-order valence-corrected chi connectivity index (χ1v) is 4.97. The third-order valence-electron chi connectivity index (χ3n) is 1.89. The van der Waals surface area contributed by atoms with Crippen molar-refractivity contribution in [3.63, 3.8) is 0 Å². The molecule has 0 aliphatic carbocycles. The van der Waals surface area contributed by atoms with Crippen LogP contribution in [0.1, 0.15) is 18.9 Å². The van der Waals surface area contributed by atoms with Gasteiger partial charge in [-0.15, -0.1) is 0 Å². The van der Waals surface area contributed by atoms with Crippen molar-refractivity contribution in [3.05, 3.63) is 47.7 Å². The molecule has 1 aromatic rings. The lowest BCUT2D eigenvalue weighted by molar-refractivity contribution is 0.390. The molecule has 0 bridgehead atoms. The minimum Gasteiger partial charge on any atom is -0.431 e. The summed E-state index contributed by atoms with van der Waals surface area (Å²) in [5, 5.41) is 7.08. The maximum atomic E-state index is 7.08. The fraction of sp³-hybridized carbons (Fsp3) is 0.250. The van der Waals surface area contributed by atoms with Gasteiger partial charge in [-0.2, -0.15) is 0 Å². The molecule has 0 unspecified atom stereocenters. The lowest BCUT2D eigenvalue weighted by atomic mass is 10.1. The number of rotatable bonds is 4. The van der Waals surface area contributed by atoms with Gasteiger partial charge in [-0.25, -0.2) is 0 Å². The molecule has 0 aliphatic rings. The van der Waals surface area contributed by atoms with Gasteiger partial charge in [0.15, 0.2) is 0 Å². The van der Waals surface area contributed by atoms with Crippen LogP contribution in [0.4, 0.5) is 0 Å². The highest BCUT2D eigenvalue weighted by atomic mass is 16.5. The van der Waals surface area contributed by atoms with E-state index in [1.54, 1.807) is 0 Å². The molecular formula is C12H16N2O. The minimum absolute atomic E-state index is 0.259. The molecule has 3 N–H and O–H groups in total. The second-order valence-corrected chi connectivity index (χ2v) is 3.21. The molecule has 0 radical (unpaired) electrons. The first kappa shape index (κ1) is 11.3. The molecule has 3 nitrogen and oxygen atoms in total. The van der Waals surface area contributed by atoms with E-state index in [0.717, 1.165) is 17.7 Å². The van der Waals surface area contributed by atoms with E-state index >= 15 is 0 Å². The van der Waals surface area contributed by atoms with E-state index in [0.29, 0.717) is 6.42 Å². The summed E-state index contributed by atoms with van der Waals surface area (Å²) in [5.41, 5.74) is 6.35. The molecule has 3 heteroatoms. The molecule has 80 valence electrons. The van der Waals surface area contributed by atoms with Crippen LogP contribution in [0.3, 0.4) is 0 Å². The van der Waals surface area contributed by atoms with E-state index in [9.17, 15) is 0 Å². The van der Waals surface area contributed by atoms with Crippen LogP contribution in [-0.4, -0.2) is 6.02 Å². The van der Waals surface area contributed by atoms with E-state index in [2.05, 4.69) is 0 Å². The Morgan fingerprint density at radius 1 is 1.40 bits per heavy atom. The van der Waals surface area contributed by atoms with Crippen molar-refractivity contribution in [2.75, 3.05) is 0 Å². The number of allylic oxidation sites excluding steroid dienone is 2. The van der Waals surface area contributed by atoms with Crippen LogP contribution in [0.15, 0.2) is 42.2 Å². The van der Waals surface area contributed by atoms with Crippen molar-refractivity contribution in [2.45, 2.75) is 19.8 Å². The average Bonchev–Trinajstić information content (AvgIpc) is 2.18. The number of amidine groups is 1. The SMILES string of the molecule is CC/C=C(\Cc1ccccc1)OC(=N)N. The summed E-state index contributed by atoms with van der Waals surface area (Å²) in [4.78, 5) is 0. The molecular weight excluding hydrogens is 188 g/mol. The Morgan fingerprint density at radius 2 is 2.07 bits per heavy atom. The van der Waals surface area contributed by atoms with Gasteiger partial charge in [-0.1, -0.05) is 37.3 Å². The summed E-state index contributed by atoms with van der Waals surface area (Å²) >= 11 is 0. The van der Waals surface area contributed by atoms with Gasteiger partial charge in [0.2, 0.25) is 0 Å². The summed E-state index contributed by atoms with van der Waals surface area (Å²) in [6, 6.07) is 9.71. The Labute approximate surface area is 90.1 Å². The Morgan fingerprint density at radius 3 is 2.60 bits per heavy atom. The predicted octanol–water partition coefficient (Wildman–Crippen LogP) is 2.43. The van der Waals surface area contributed by atoms with E-state index in [4.69, 9.17) is 15.9 Å². The van der Waals surface area contributed by atoms with Crippen LogP contribution >= 0.6 is 0 Å². The van der Waals surface area contributed by atoms with E-state index in [1.807, 2.05) is 43.3 Å². The maximum Gasteiger partial charge on any atom is 0.284 e. The highest BCUT2D eigenvalue weighted by Crippen LogP contribution is 2.09. The quantitative estimate of drug-likeness (QED) is 0.449. The maximum absolute atomic E-state index is 7.08. The van der Waals surface area contributed by atoms with Crippen molar-refractivity contribution in [2.24, 2.45) is 5.73 Å². The molecule has 0 saturated heterocycles. The fourth-order valence-electron chi connectivity index (χ4n) is 1.32. The molecule has 1 aromatic carbocycles. The summed E-state index contributed by atoms with van der Waals surface area (Å²) in [6.07, 6.45) is 3.48. The summed E-state index contributed by atoms with van der Waals surface area (Å²) in [6.45, 7) is 2.02. The van der Waals surface area contributed by atoms with Crippen molar-refractivity contribution in [1.82, 2.24) is 0 Å². The molecule has 15 heavy (non-hydrogen) atoms. The summed E-state index contributed by atoms with van der Waals surface area (Å²) in [5.74, 6) is 0.733. The molecule has 0 amide bonds. The van der Waals surface area contributed by atoms with Gasteiger partial charge < -0.3 is 10.5 Å². The predicted molar refractivity (Wildman–Crippen MR) is 61.5 cm³/mol. The Hall–Kier alpha value is -1.77. The first-order chi connectivity index (χ1) is 7.22. The van der Waals surface area contributed by atoms with Crippen molar-refractivity contribution >= 4 is 6.02 Å². The van der Waals surface area contributed by atoms with E-state index in [-0.39, 0.29) is 6.02 Å². The third kappa shape index (κ3) is 4.31. The third-order valence-corrected chi connectivity index (χ3v) is 1.89. The Balaban J connectivity index is 2.67. The van der Waals surface area contributed by atoms with Gasteiger partial charge in [0.25, 0.3) is 6.02 Å². The number of benzene rings is 1. The standard InChI is InChI=1S/C12H16N2O/c1-2-6-11(15-12(13)14)9-10-7-4-3-5-8-10/h3-8H,2,9H2,1H3,(H3,13,14)/b11-6+. The molecule has 0 aromatic heterocycles. The van der Waals surface area contributed by atoms with Gasteiger partial charge >= 0.3 is 0 Å². The van der Waals surface area contributed by atoms with Crippen LogP contribution in [0.25, 0.3) is 0 Å². The largest absolute Gasteiger partial charge is 0.431 e. The molecule has 0 spiro atoms. The first-order valence-electron chi connectivity index (χ1n) is 4.97. The second-order valence-electron chi connectivity index (χ2n) is 3.21. The van der Waals surface area contributed by atoms with E-state index < -0.39 is 0 Å². The smallest absolute Gasteiger partial charge is 0.284 e. The fourth-order valence-corrected chi connectivity index (χ4v) is 1.32. The number of ether oxygens (including phenoxy) is 1. The molecule has 1 rings (SSSR count). The topological polar surface area (TPSA) is 59.1 Å². The van der Waals surface area contributed by atoms with Crippen LogP contribution < -0.4 is 5.73 Å². The number of nitrogens with one attached hydrogen (secondary N) is 1. The highest BCUT2D eigenvalue weighted by Gasteiger charge is 2.01. The van der Waals surface area contributed by atoms with Crippen molar-refractivity contribution in [1.29, 1.82) is 5.41 Å². The van der Waals surface area contributed by atoms with Crippen LogP contribution in [0.5, 0.6) is 0 Å². The second kappa shape index (κ2) is 5.86. The van der Waals surface area contributed by atoms with Gasteiger partial charge in [0, 0.05) is 6.42 Å². The van der Waals surface area contributed by atoms with Gasteiger partial charge in [-0.05, 0) is 18.1 Å². The molecule has 0 aliphatic heterocycles. The normalized spacial score (nSPS) is 11.1. The summed E-state index contributed by atoms with van der Waals surface area (Å²) in [7, 11) is 0. The van der Waals surface area contributed by atoms with Gasteiger partial charge in [0.05, 0.1) is 0 Å². The lowest BCUT2D eigenvalue weighted by Gasteiger charge is -2.07. The zero-order valence-corrected chi connectivity index (χ0v) is 8.86. The lowest BCUT2D eigenvalue weighted by Crippen LogP contribution is -2.14. The molecule has 0 atom stereocenters. The molecule has 0 saturated carbocycles. The zero-order valence-electron chi connectivity index (χ0n) is 8.86. The van der Waals surface area contributed by atoms with Crippen molar-refractivity contribution < 1.29 is 4.74 Å². The number of nitrogens with two attached hydrogens (primary N) is 1. The minimum atomic E-state index is -0.259. The van der Waals surface area contributed by atoms with Gasteiger partial charge in [-0.3, -0.25) is 5.41 Å². The average molecular weight is 204 g/mol. The number of hydrogen-bond acceptors (Lipinski definition) is 2. The molecule has 0 fully saturated rings. The van der Waals surface area contributed by atoms with Crippen LogP contribution in [-0.2, 0) is 11.2 Å². The molecule has 0 heterocycles. The summed E-state index contributed by atoms with van der Waals surface area (Å²) < 4.78 is 5.12. The van der Waals surface area contributed by atoms with Gasteiger partial charge in [0.1, 0.15) is 5.76 Å². The van der Waals surface area contributed by atoms with Crippen molar-refractivity contribution in [3.8, 4) is 0 Å². The zero-order chi connectivity index (χ0) is 11.1. The Kier molecular flexibility index (Phi) is 4.41. The number of hydrogen-bond donors (Lipinski definition) is 2. The van der Waals surface area contributed by atoms with Crippen LogP contribution in [0.2, 0.25) is 0 Å².